The van der Waals surface area contributed by atoms with Crippen molar-refractivity contribution < 1.29 is 17.6 Å². The molecule has 0 aliphatic carbocycles. The van der Waals surface area contributed by atoms with Crippen LogP contribution >= 0.6 is 0 Å². The van der Waals surface area contributed by atoms with Crippen LogP contribution in [0.4, 0.5) is 10.1 Å². The van der Waals surface area contributed by atoms with Gasteiger partial charge in [-0.25, -0.2) is 17.5 Å². The topological polar surface area (TPSA) is 75.3 Å². The second-order valence-corrected chi connectivity index (χ2v) is 6.81. The first-order chi connectivity index (χ1) is 11.9. The molecule has 5 nitrogen and oxygen atoms in total. The number of carbonyl (C=O) groups excluding carboxylic acids is 1. The minimum absolute atomic E-state index is 0.0919. The first-order valence-electron chi connectivity index (χ1n) is 7.36. The zero-order valence-corrected chi connectivity index (χ0v) is 14.1. The lowest BCUT2D eigenvalue weighted by molar-refractivity contribution is -0.111. The predicted octanol–water partition coefficient (Wildman–Crippen LogP) is 2.94. The Morgan fingerprint density at radius 1 is 1.08 bits per heavy atom. The van der Waals surface area contributed by atoms with Crippen molar-refractivity contribution in [1.29, 1.82) is 0 Å². The van der Waals surface area contributed by atoms with Crippen LogP contribution in [0.2, 0.25) is 0 Å². The molecule has 0 radical (unpaired) electrons. The lowest BCUT2D eigenvalue weighted by Gasteiger charge is -2.06. The van der Waals surface area contributed by atoms with Crippen molar-refractivity contribution in [2.45, 2.75) is 4.90 Å². The second kappa shape index (κ2) is 8.36. The molecule has 25 heavy (non-hydrogen) atoms. The fourth-order valence-corrected chi connectivity index (χ4v) is 2.90. The van der Waals surface area contributed by atoms with Gasteiger partial charge in [-0.1, -0.05) is 18.2 Å². The van der Waals surface area contributed by atoms with Gasteiger partial charge in [0.05, 0.1) is 4.90 Å². The Bertz CT molecular complexity index is 874. The predicted molar refractivity (Wildman–Crippen MR) is 95.9 cm³/mol. The number of amides is 1. The molecule has 130 valence electrons. The Morgan fingerprint density at radius 2 is 1.72 bits per heavy atom. The van der Waals surface area contributed by atoms with E-state index in [-0.39, 0.29) is 23.2 Å². The van der Waals surface area contributed by atoms with Gasteiger partial charge in [0.2, 0.25) is 15.9 Å². The summed E-state index contributed by atoms with van der Waals surface area (Å²) in [6, 6.07) is 11.5. The molecule has 0 spiro atoms. The Balaban J connectivity index is 1.99. The molecule has 0 saturated carbocycles. The largest absolute Gasteiger partial charge is 0.323 e. The van der Waals surface area contributed by atoms with E-state index in [1.807, 2.05) is 0 Å². The van der Waals surface area contributed by atoms with Crippen LogP contribution in [0.25, 0.3) is 6.08 Å². The van der Waals surface area contributed by atoms with Crippen LogP contribution in [0.3, 0.4) is 0 Å². The monoisotopic (exact) mass is 360 g/mol. The summed E-state index contributed by atoms with van der Waals surface area (Å²) in [5.74, 6) is -0.732. The van der Waals surface area contributed by atoms with Gasteiger partial charge in [0.1, 0.15) is 5.82 Å². The number of rotatable bonds is 7. The lowest BCUT2D eigenvalue weighted by Crippen LogP contribution is -2.23. The average Bonchev–Trinajstić information content (AvgIpc) is 2.60. The van der Waals surface area contributed by atoms with E-state index in [0.717, 1.165) is 0 Å². The summed E-state index contributed by atoms with van der Waals surface area (Å²) in [7, 11) is -3.60. The van der Waals surface area contributed by atoms with E-state index in [1.165, 1.54) is 48.6 Å². The smallest absolute Gasteiger partial charge is 0.248 e. The quantitative estimate of drug-likeness (QED) is 0.589. The summed E-state index contributed by atoms with van der Waals surface area (Å²) in [5, 5.41) is 2.61. The van der Waals surface area contributed by atoms with Crippen LogP contribution in [0.5, 0.6) is 0 Å². The van der Waals surface area contributed by atoms with Crippen molar-refractivity contribution in [3.8, 4) is 0 Å². The third-order valence-electron chi connectivity index (χ3n) is 3.15. The van der Waals surface area contributed by atoms with Gasteiger partial charge < -0.3 is 5.32 Å². The Morgan fingerprint density at radius 3 is 2.32 bits per heavy atom. The molecule has 0 aromatic heterocycles. The van der Waals surface area contributed by atoms with Crippen molar-refractivity contribution in [3.05, 3.63) is 78.6 Å². The number of carbonyl (C=O) groups is 1. The summed E-state index contributed by atoms with van der Waals surface area (Å²) in [6.07, 6.45) is 4.30. The molecule has 2 rings (SSSR count). The molecular formula is C18H17FN2O3S. The lowest BCUT2D eigenvalue weighted by atomic mass is 10.2. The van der Waals surface area contributed by atoms with Gasteiger partial charge in [-0.15, -0.1) is 6.58 Å². The van der Waals surface area contributed by atoms with Crippen molar-refractivity contribution >= 4 is 27.7 Å². The molecule has 0 fully saturated rings. The summed E-state index contributed by atoms with van der Waals surface area (Å²) in [5.41, 5.74) is 1.14. The highest BCUT2D eigenvalue weighted by Gasteiger charge is 2.12. The zero-order valence-electron chi connectivity index (χ0n) is 13.3. The number of anilines is 1. The van der Waals surface area contributed by atoms with E-state index < -0.39 is 10.0 Å². The fraction of sp³-hybridized carbons (Fsp3) is 0.0556. The van der Waals surface area contributed by atoms with Gasteiger partial charge in [-0.2, -0.15) is 0 Å². The van der Waals surface area contributed by atoms with E-state index in [2.05, 4.69) is 16.6 Å². The standard InChI is InChI=1S/C18H17FN2O3S/c1-2-13-20-25(23,24)17-10-8-16(9-11-17)21-18(22)12-5-14-3-6-15(19)7-4-14/h2-12,20H,1,13H2,(H,21,22)/b12-5+. The van der Waals surface area contributed by atoms with Crippen molar-refractivity contribution in [2.75, 3.05) is 11.9 Å². The number of halogens is 1. The first-order valence-corrected chi connectivity index (χ1v) is 8.84. The SMILES string of the molecule is C=CCNS(=O)(=O)c1ccc(NC(=O)/C=C/c2ccc(F)cc2)cc1. The van der Waals surface area contributed by atoms with Gasteiger partial charge in [0.15, 0.2) is 0 Å². The van der Waals surface area contributed by atoms with Crippen LogP contribution < -0.4 is 10.0 Å². The van der Waals surface area contributed by atoms with Gasteiger partial charge in [0, 0.05) is 18.3 Å². The van der Waals surface area contributed by atoms with Crippen LogP contribution in [0.15, 0.2) is 72.2 Å². The molecule has 2 aromatic rings. The van der Waals surface area contributed by atoms with Crippen molar-refractivity contribution in [3.63, 3.8) is 0 Å². The molecule has 0 aliphatic rings. The number of hydrogen-bond acceptors (Lipinski definition) is 3. The molecule has 0 saturated heterocycles. The summed E-state index contributed by atoms with van der Waals surface area (Å²) in [4.78, 5) is 12.0. The molecule has 2 aromatic carbocycles. The van der Waals surface area contributed by atoms with Crippen molar-refractivity contribution in [2.24, 2.45) is 0 Å². The van der Waals surface area contributed by atoms with Crippen LogP contribution in [-0.4, -0.2) is 20.9 Å². The Kier molecular flexibility index (Phi) is 6.21. The number of hydrogen-bond donors (Lipinski definition) is 2. The summed E-state index contributed by atoms with van der Waals surface area (Å²) in [6.45, 7) is 3.58. The Labute approximate surface area is 145 Å². The van der Waals surface area contributed by atoms with E-state index in [9.17, 15) is 17.6 Å². The van der Waals surface area contributed by atoms with Gasteiger partial charge in [-0.3, -0.25) is 4.79 Å². The van der Waals surface area contributed by atoms with E-state index in [0.29, 0.717) is 11.3 Å². The number of sulfonamides is 1. The van der Waals surface area contributed by atoms with Crippen LogP contribution in [0, 0.1) is 5.82 Å². The van der Waals surface area contributed by atoms with Crippen LogP contribution in [0.1, 0.15) is 5.56 Å². The van der Waals surface area contributed by atoms with Crippen molar-refractivity contribution in [1.82, 2.24) is 4.72 Å². The van der Waals surface area contributed by atoms with E-state index in [1.54, 1.807) is 18.2 Å². The van der Waals surface area contributed by atoms with Crippen LogP contribution in [-0.2, 0) is 14.8 Å². The third kappa shape index (κ3) is 5.66. The zero-order chi connectivity index (χ0) is 18.3. The molecule has 0 aliphatic heterocycles. The number of benzene rings is 2. The van der Waals surface area contributed by atoms with E-state index >= 15 is 0 Å². The molecule has 0 atom stereocenters. The molecule has 1 amide bonds. The van der Waals surface area contributed by atoms with Gasteiger partial charge in [-0.05, 0) is 48.0 Å². The normalized spacial score (nSPS) is 11.4. The molecule has 7 heteroatoms. The first kappa shape index (κ1) is 18.6. The maximum atomic E-state index is 12.8. The van der Waals surface area contributed by atoms with Gasteiger partial charge in [0.25, 0.3) is 0 Å². The maximum absolute atomic E-state index is 12.8. The highest BCUT2D eigenvalue weighted by molar-refractivity contribution is 7.89. The minimum atomic E-state index is -3.60. The molecular weight excluding hydrogens is 343 g/mol. The highest BCUT2D eigenvalue weighted by Crippen LogP contribution is 2.14. The average molecular weight is 360 g/mol. The second-order valence-electron chi connectivity index (χ2n) is 5.04. The summed E-state index contributed by atoms with van der Waals surface area (Å²) < 4.78 is 39.0. The maximum Gasteiger partial charge on any atom is 0.248 e. The molecule has 2 N–H and O–H groups in total. The van der Waals surface area contributed by atoms with Gasteiger partial charge >= 0.3 is 0 Å². The summed E-state index contributed by atoms with van der Waals surface area (Å²) >= 11 is 0. The number of nitrogens with one attached hydrogen (secondary N) is 2. The fourth-order valence-electron chi connectivity index (χ4n) is 1.90. The highest BCUT2D eigenvalue weighted by atomic mass is 32.2. The van der Waals surface area contributed by atoms with E-state index in [4.69, 9.17) is 0 Å². The molecule has 0 unspecified atom stereocenters. The molecule has 0 bridgehead atoms. The minimum Gasteiger partial charge on any atom is -0.323 e. The molecule has 0 heterocycles. The third-order valence-corrected chi connectivity index (χ3v) is 4.59. The Hall–Kier alpha value is -2.77.